The largest absolute Gasteiger partial charge is 0.322 e. The number of nitrogens with zero attached hydrogens (tertiary/aromatic N) is 3. The lowest BCUT2D eigenvalue weighted by atomic mass is 10.1. The topological polar surface area (TPSA) is 106 Å². The van der Waals surface area contributed by atoms with E-state index in [0.29, 0.717) is 0 Å². The lowest BCUT2D eigenvalue weighted by Crippen LogP contribution is -2.25. The first-order valence-electron chi connectivity index (χ1n) is 12.0. The second-order valence-corrected chi connectivity index (χ2v) is 10.9. The van der Waals surface area contributed by atoms with Crippen molar-refractivity contribution >= 4 is 27.7 Å². The molecule has 2 aromatic carbocycles. The zero-order chi connectivity index (χ0) is 24.4. The Morgan fingerprint density at radius 3 is 2.63 bits per heavy atom. The highest BCUT2D eigenvalue weighted by molar-refractivity contribution is 7.89. The number of rotatable bonds is 7. The molecule has 1 saturated carbocycles. The zero-order valence-electron chi connectivity index (χ0n) is 19.7. The van der Waals surface area contributed by atoms with Crippen molar-refractivity contribution in [1.82, 2.24) is 19.5 Å². The number of carbonyl (C=O) groups excluding carboxylic acids is 1. The summed E-state index contributed by atoms with van der Waals surface area (Å²) in [5.41, 5.74) is 3.33. The van der Waals surface area contributed by atoms with Gasteiger partial charge in [-0.2, -0.15) is 0 Å². The van der Waals surface area contributed by atoms with Gasteiger partial charge in [-0.15, -0.1) is 10.2 Å². The van der Waals surface area contributed by atoms with Gasteiger partial charge in [-0.05, 0) is 68.0 Å². The molecule has 1 amide bonds. The number of amides is 1. The first-order chi connectivity index (χ1) is 16.9. The maximum atomic E-state index is 12.6. The molecule has 1 aliphatic heterocycles. The molecule has 0 bridgehead atoms. The number of carbonyl (C=O) groups is 1. The Kier molecular flexibility index (Phi) is 6.53. The fourth-order valence-electron chi connectivity index (χ4n) is 4.19. The molecule has 1 aliphatic carbocycles. The zero-order valence-corrected chi connectivity index (χ0v) is 20.5. The predicted molar refractivity (Wildman–Crippen MR) is 135 cm³/mol. The van der Waals surface area contributed by atoms with Gasteiger partial charge in [0.1, 0.15) is 5.82 Å². The summed E-state index contributed by atoms with van der Waals surface area (Å²) in [4.78, 5) is 12.9. The van der Waals surface area contributed by atoms with Gasteiger partial charge in [0.2, 0.25) is 15.9 Å². The van der Waals surface area contributed by atoms with E-state index < -0.39 is 10.0 Å². The van der Waals surface area contributed by atoms with Crippen molar-refractivity contribution < 1.29 is 13.2 Å². The second kappa shape index (κ2) is 9.75. The van der Waals surface area contributed by atoms with E-state index in [1.165, 1.54) is 12.5 Å². The van der Waals surface area contributed by atoms with E-state index in [9.17, 15) is 13.2 Å². The van der Waals surface area contributed by atoms with Crippen LogP contribution >= 0.6 is 0 Å². The van der Waals surface area contributed by atoms with Crippen LogP contribution in [0.1, 0.15) is 49.1 Å². The van der Waals surface area contributed by atoms with Crippen molar-refractivity contribution in [1.29, 1.82) is 0 Å². The molecule has 35 heavy (non-hydrogen) atoms. The third kappa shape index (κ3) is 5.52. The van der Waals surface area contributed by atoms with Gasteiger partial charge in [-0.1, -0.05) is 30.7 Å². The monoisotopic (exact) mass is 491 g/mol. The molecule has 1 aromatic heterocycles. The van der Waals surface area contributed by atoms with Crippen molar-refractivity contribution in [3.8, 4) is 11.4 Å². The minimum absolute atomic E-state index is 0.0601. The van der Waals surface area contributed by atoms with Crippen LogP contribution in [0.4, 0.5) is 5.69 Å². The smallest absolute Gasteiger partial charge is 0.248 e. The summed E-state index contributed by atoms with van der Waals surface area (Å²) in [5, 5.41) is 11.7. The third-order valence-corrected chi connectivity index (χ3v) is 7.92. The Hall–Kier alpha value is -3.30. The van der Waals surface area contributed by atoms with Gasteiger partial charge in [0.15, 0.2) is 5.82 Å². The average molecular weight is 492 g/mol. The molecule has 3 aromatic rings. The first-order valence-corrected chi connectivity index (χ1v) is 13.5. The minimum Gasteiger partial charge on any atom is -0.322 e. The molecule has 1 fully saturated rings. The Balaban J connectivity index is 1.27. The van der Waals surface area contributed by atoms with E-state index in [4.69, 9.17) is 0 Å². The van der Waals surface area contributed by atoms with Gasteiger partial charge in [-0.3, -0.25) is 4.79 Å². The van der Waals surface area contributed by atoms with E-state index in [1.807, 2.05) is 25.1 Å². The number of aromatic nitrogens is 3. The lowest BCUT2D eigenvalue weighted by Gasteiger charge is -2.11. The summed E-state index contributed by atoms with van der Waals surface area (Å²) < 4.78 is 29.5. The molecule has 9 heteroatoms. The van der Waals surface area contributed by atoms with E-state index in [0.717, 1.165) is 72.7 Å². The summed E-state index contributed by atoms with van der Waals surface area (Å²) in [7, 11) is -3.49. The quantitative estimate of drug-likeness (QED) is 0.485. The summed E-state index contributed by atoms with van der Waals surface area (Å²) in [6.07, 6.45) is 9.27. The van der Waals surface area contributed by atoms with Crippen molar-refractivity contribution in [3.63, 3.8) is 0 Å². The average Bonchev–Trinajstić information content (AvgIpc) is 3.61. The van der Waals surface area contributed by atoms with Crippen LogP contribution in [-0.4, -0.2) is 35.1 Å². The minimum atomic E-state index is -3.49. The molecule has 2 aliphatic rings. The SMILES string of the molecule is Cc1ccc(-c2nnc3n2CCCCC3)cc1NC(=O)/C=C/c1ccc(S(=O)(=O)NC2CC2)cc1. The van der Waals surface area contributed by atoms with Crippen molar-refractivity contribution in [3.05, 3.63) is 65.5 Å². The van der Waals surface area contributed by atoms with Gasteiger partial charge < -0.3 is 9.88 Å². The Morgan fingerprint density at radius 1 is 1.06 bits per heavy atom. The highest BCUT2D eigenvalue weighted by atomic mass is 32.2. The predicted octanol–water partition coefficient (Wildman–Crippen LogP) is 4.07. The van der Waals surface area contributed by atoms with Crippen LogP contribution < -0.4 is 10.0 Å². The number of anilines is 1. The maximum absolute atomic E-state index is 12.6. The van der Waals surface area contributed by atoms with Crippen LogP contribution in [0.3, 0.4) is 0 Å². The normalized spacial score (nSPS) is 16.1. The van der Waals surface area contributed by atoms with Crippen LogP contribution in [0.15, 0.2) is 53.4 Å². The molecule has 8 nitrogen and oxygen atoms in total. The number of hydrogen-bond acceptors (Lipinski definition) is 5. The van der Waals surface area contributed by atoms with Gasteiger partial charge in [-0.25, -0.2) is 13.1 Å². The van der Waals surface area contributed by atoms with E-state index in [-0.39, 0.29) is 16.8 Å². The Morgan fingerprint density at radius 2 is 1.86 bits per heavy atom. The summed E-state index contributed by atoms with van der Waals surface area (Å²) in [6, 6.07) is 12.5. The molecular formula is C26H29N5O3S. The summed E-state index contributed by atoms with van der Waals surface area (Å²) >= 11 is 0. The molecule has 182 valence electrons. The first kappa shape index (κ1) is 23.4. The molecule has 0 atom stereocenters. The molecule has 5 rings (SSSR count). The number of fused-ring (bicyclic) bond motifs is 1. The van der Waals surface area contributed by atoms with Crippen LogP contribution in [0.2, 0.25) is 0 Å². The van der Waals surface area contributed by atoms with Crippen LogP contribution in [0, 0.1) is 6.92 Å². The summed E-state index contributed by atoms with van der Waals surface area (Å²) in [6.45, 7) is 2.86. The van der Waals surface area contributed by atoms with Gasteiger partial charge in [0.05, 0.1) is 4.90 Å². The molecule has 0 radical (unpaired) electrons. The van der Waals surface area contributed by atoms with Gasteiger partial charge in [0, 0.05) is 36.3 Å². The van der Waals surface area contributed by atoms with Crippen LogP contribution in [-0.2, 0) is 27.8 Å². The highest BCUT2D eigenvalue weighted by Gasteiger charge is 2.27. The highest BCUT2D eigenvalue weighted by Crippen LogP contribution is 2.27. The number of hydrogen-bond donors (Lipinski definition) is 2. The fraction of sp³-hybridized carbons (Fsp3) is 0.346. The summed E-state index contributed by atoms with van der Waals surface area (Å²) in [5.74, 6) is 1.59. The molecule has 0 unspecified atom stereocenters. The van der Waals surface area contributed by atoms with Crippen LogP contribution in [0.25, 0.3) is 17.5 Å². The van der Waals surface area contributed by atoms with E-state index in [2.05, 4.69) is 24.8 Å². The Labute approximate surface area is 205 Å². The fourth-order valence-corrected chi connectivity index (χ4v) is 5.49. The van der Waals surface area contributed by atoms with E-state index in [1.54, 1.807) is 30.3 Å². The number of sulfonamides is 1. The Bertz CT molecular complexity index is 1370. The number of aryl methyl sites for hydroxylation is 2. The molecular weight excluding hydrogens is 462 g/mol. The molecule has 2 N–H and O–H groups in total. The van der Waals surface area contributed by atoms with Crippen LogP contribution in [0.5, 0.6) is 0 Å². The van der Waals surface area contributed by atoms with Gasteiger partial charge >= 0.3 is 0 Å². The lowest BCUT2D eigenvalue weighted by molar-refractivity contribution is -0.111. The number of nitrogens with one attached hydrogen (secondary N) is 2. The van der Waals surface area contributed by atoms with Crippen molar-refractivity contribution in [2.45, 2.75) is 62.9 Å². The third-order valence-electron chi connectivity index (χ3n) is 6.38. The molecule has 2 heterocycles. The van der Waals surface area contributed by atoms with Crippen molar-refractivity contribution in [2.75, 3.05) is 5.32 Å². The molecule has 0 saturated heterocycles. The number of benzene rings is 2. The second-order valence-electron chi connectivity index (χ2n) is 9.22. The maximum Gasteiger partial charge on any atom is 0.248 e. The van der Waals surface area contributed by atoms with E-state index >= 15 is 0 Å². The standard InChI is InChI=1S/C26H29N5O3S/c1-18-6-10-20(26-29-28-24-5-3-2-4-16-31(24)26)17-23(18)27-25(32)15-9-19-7-13-22(14-8-19)35(33,34)30-21-11-12-21/h6-10,13-15,17,21,30H,2-5,11-12,16H2,1H3,(H,27,32)/b15-9+. The molecule has 0 spiro atoms. The van der Waals surface area contributed by atoms with Crippen molar-refractivity contribution in [2.24, 2.45) is 0 Å². The van der Waals surface area contributed by atoms with Gasteiger partial charge in [0.25, 0.3) is 0 Å².